The monoisotopic (exact) mass is 373 g/mol. The molecule has 4 nitrogen and oxygen atoms in total. The Hall–Kier alpha value is -3.11. The number of anilines is 1. The highest BCUT2D eigenvalue weighted by Crippen LogP contribution is 2.27. The lowest BCUT2D eigenvalue weighted by Gasteiger charge is -2.17. The molecule has 3 N–H and O–H groups in total. The molecular formula is C24H27N3O. The first-order valence-corrected chi connectivity index (χ1v) is 9.51. The van der Waals surface area contributed by atoms with Crippen molar-refractivity contribution in [3.63, 3.8) is 0 Å². The second-order valence-corrected chi connectivity index (χ2v) is 6.64. The molecule has 0 spiro atoms. The van der Waals surface area contributed by atoms with Gasteiger partial charge >= 0.3 is 0 Å². The fraction of sp³-hybridized carbons (Fsp3) is 0.208. The molecule has 4 heteroatoms. The normalized spacial score (nSPS) is 11.6. The molecule has 0 heterocycles. The van der Waals surface area contributed by atoms with Crippen LogP contribution in [0.2, 0.25) is 0 Å². The smallest absolute Gasteiger partial charge is 0.193 e. The third kappa shape index (κ3) is 5.44. The van der Waals surface area contributed by atoms with E-state index in [0.717, 1.165) is 17.7 Å². The van der Waals surface area contributed by atoms with Crippen molar-refractivity contribution in [2.45, 2.75) is 18.9 Å². The van der Waals surface area contributed by atoms with Gasteiger partial charge in [-0.1, -0.05) is 78.9 Å². The first-order valence-electron chi connectivity index (χ1n) is 9.51. The number of para-hydroxylation sites is 1. The Morgan fingerprint density at radius 2 is 1.46 bits per heavy atom. The summed E-state index contributed by atoms with van der Waals surface area (Å²) in [6.45, 7) is 1.17. The number of guanidine groups is 1. The summed E-state index contributed by atoms with van der Waals surface area (Å²) in [7, 11) is 1.68. The maximum atomic E-state index is 6.13. The Bertz CT molecular complexity index is 839. The van der Waals surface area contributed by atoms with Gasteiger partial charge in [0.2, 0.25) is 0 Å². The summed E-state index contributed by atoms with van der Waals surface area (Å²) < 4.78 is 5.24. The molecule has 0 radical (unpaired) electrons. The molecule has 0 saturated carbocycles. The van der Waals surface area contributed by atoms with Crippen molar-refractivity contribution in [3.05, 3.63) is 102 Å². The summed E-state index contributed by atoms with van der Waals surface area (Å²) >= 11 is 0. The van der Waals surface area contributed by atoms with Crippen LogP contribution < -0.4 is 11.1 Å². The molecule has 0 amide bonds. The zero-order valence-corrected chi connectivity index (χ0v) is 16.2. The maximum Gasteiger partial charge on any atom is 0.193 e. The second kappa shape index (κ2) is 10.3. The molecule has 3 aromatic rings. The predicted octanol–water partition coefficient (Wildman–Crippen LogP) is 4.78. The Morgan fingerprint density at radius 3 is 2.07 bits per heavy atom. The molecule has 0 fully saturated rings. The molecule has 0 aliphatic heterocycles. The van der Waals surface area contributed by atoms with Gasteiger partial charge in [-0.2, -0.15) is 0 Å². The lowest BCUT2D eigenvalue weighted by Crippen LogP contribution is -2.24. The van der Waals surface area contributed by atoms with Crippen LogP contribution in [0.5, 0.6) is 0 Å². The third-order valence-electron chi connectivity index (χ3n) is 4.68. The van der Waals surface area contributed by atoms with E-state index in [4.69, 9.17) is 10.5 Å². The standard InChI is InChI=1S/C24H27N3O/c1-28-18-21-14-8-9-15-23(21)27-24(25)26-17-16-22(19-10-4-2-5-11-19)20-12-6-3-7-13-20/h2-15,22H,16-18H2,1H3,(H3,25,26,27). The van der Waals surface area contributed by atoms with Gasteiger partial charge in [0.15, 0.2) is 5.96 Å². The van der Waals surface area contributed by atoms with E-state index in [-0.39, 0.29) is 0 Å². The molecule has 3 rings (SSSR count). The van der Waals surface area contributed by atoms with Gasteiger partial charge in [0, 0.05) is 30.8 Å². The van der Waals surface area contributed by atoms with E-state index in [0.29, 0.717) is 25.0 Å². The van der Waals surface area contributed by atoms with Crippen LogP contribution in [-0.2, 0) is 11.3 Å². The summed E-state index contributed by atoms with van der Waals surface area (Å²) in [5.41, 5.74) is 10.7. The number of hydrogen-bond acceptors (Lipinski definition) is 2. The molecule has 0 aliphatic rings. The Kier molecular flexibility index (Phi) is 7.21. The summed E-state index contributed by atoms with van der Waals surface area (Å²) in [5.74, 6) is 0.711. The fourth-order valence-electron chi connectivity index (χ4n) is 3.31. The number of methoxy groups -OCH3 is 1. The molecule has 28 heavy (non-hydrogen) atoms. The Balaban J connectivity index is 1.68. The minimum Gasteiger partial charge on any atom is -0.380 e. The molecule has 0 bridgehead atoms. The van der Waals surface area contributed by atoms with E-state index in [1.807, 2.05) is 36.4 Å². The number of hydrogen-bond donors (Lipinski definition) is 2. The highest BCUT2D eigenvalue weighted by atomic mass is 16.5. The van der Waals surface area contributed by atoms with Gasteiger partial charge in [-0.25, -0.2) is 0 Å². The number of ether oxygens (including phenoxy) is 1. The van der Waals surface area contributed by atoms with Crippen molar-refractivity contribution < 1.29 is 4.74 Å². The zero-order valence-electron chi connectivity index (χ0n) is 16.2. The maximum absolute atomic E-state index is 6.13. The zero-order chi connectivity index (χ0) is 19.6. The second-order valence-electron chi connectivity index (χ2n) is 6.64. The van der Waals surface area contributed by atoms with Crippen molar-refractivity contribution in [1.29, 1.82) is 0 Å². The number of rotatable bonds is 8. The van der Waals surface area contributed by atoms with Crippen molar-refractivity contribution in [2.75, 3.05) is 19.0 Å². The van der Waals surface area contributed by atoms with Gasteiger partial charge in [-0.15, -0.1) is 0 Å². The highest BCUT2D eigenvalue weighted by molar-refractivity contribution is 5.92. The van der Waals surface area contributed by atoms with Crippen molar-refractivity contribution in [1.82, 2.24) is 0 Å². The van der Waals surface area contributed by atoms with E-state index in [9.17, 15) is 0 Å². The average molecular weight is 374 g/mol. The van der Waals surface area contributed by atoms with E-state index in [1.54, 1.807) is 7.11 Å². The molecule has 0 atom stereocenters. The van der Waals surface area contributed by atoms with E-state index in [2.05, 4.69) is 58.8 Å². The molecule has 144 valence electrons. The average Bonchev–Trinajstić information content (AvgIpc) is 2.74. The van der Waals surface area contributed by atoms with Gasteiger partial charge in [-0.3, -0.25) is 4.99 Å². The largest absolute Gasteiger partial charge is 0.380 e. The van der Waals surface area contributed by atoms with Crippen LogP contribution >= 0.6 is 0 Å². The van der Waals surface area contributed by atoms with Gasteiger partial charge < -0.3 is 15.8 Å². The number of nitrogens with two attached hydrogens (primary N) is 1. The van der Waals surface area contributed by atoms with Crippen LogP contribution in [0.25, 0.3) is 0 Å². The van der Waals surface area contributed by atoms with Crippen molar-refractivity contribution in [3.8, 4) is 0 Å². The van der Waals surface area contributed by atoms with Gasteiger partial charge in [0.05, 0.1) is 6.61 Å². The summed E-state index contributed by atoms with van der Waals surface area (Å²) in [4.78, 5) is 4.55. The summed E-state index contributed by atoms with van der Waals surface area (Å²) in [6, 6.07) is 29.0. The summed E-state index contributed by atoms with van der Waals surface area (Å²) in [6.07, 6.45) is 0.885. The Morgan fingerprint density at radius 1 is 0.893 bits per heavy atom. The molecule has 0 aliphatic carbocycles. The third-order valence-corrected chi connectivity index (χ3v) is 4.68. The van der Waals surface area contributed by atoms with Gasteiger partial charge in [0.1, 0.15) is 0 Å². The lowest BCUT2D eigenvalue weighted by molar-refractivity contribution is 0.185. The molecule has 0 unspecified atom stereocenters. The van der Waals surface area contributed by atoms with E-state index >= 15 is 0 Å². The van der Waals surface area contributed by atoms with Crippen molar-refractivity contribution in [2.24, 2.45) is 10.7 Å². The molecule has 0 aromatic heterocycles. The molecular weight excluding hydrogens is 346 g/mol. The van der Waals surface area contributed by atoms with Crippen LogP contribution in [0.1, 0.15) is 29.0 Å². The van der Waals surface area contributed by atoms with Crippen LogP contribution in [-0.4, -0.2) is 19.6 Å². The van der Waals surface area contributed by atoms with Gasteiger partial charge in [-0.05, 0) is 23.6 Å². The van der Waals surface area contributed by atoms with E-state index in [1.165, 1.54) is 11.1 Å². The first kappa shape index (κ1) is 19.6. The van der Waals surface area contributed by atoms with Gasteiger partial charge in [0.25, 0.3) is 0 Å². The van der Waals surface area contributed by atoms with Crippen LogP contribution in [0.4, 0.5) is 5.69 Å². The highest BCUT2D eigenvalue weighted by Gasteiger charge is 2.13. The lowest BCUT2D eigenvalue weighted by atomic mass is 9.89. The van der Waals surface area contributed by atoms with Crippen LogP contribution in [0, 0.1) is 0 Å². The van der Waals surface area contributed by atoms with Crippen molar-refractivity contribution >= 4 is 11.6 Å². The minimum atomic E-state index is 0.291. The number of nitrogens with one attached hydrogen (secondary N) is 1. The van der Waals surface area contributed by atoms with E-state index < -0.39 is 0 Å². The minimum absolute atomic E-state index is 0.291. The van der Waals surface area contributed by atoms with Crippen LogP contribution in [0.3, 0.4) is 0 Å². The number of aliphatic imine (C=N–C) groups is 1. The predicted molar refractivity (Wildman–Crippen MR) is 117 cm³/mol. The van der Waals surface area contributed by atoms with Crippen LogP contribution in [0.15, 0.2) is 89.9 Å². The first-order chi connectivity index (χ1) is 13.8. The Labute approximate surface area is 167 Å². The molecule has 3 aromatic carbocycles. The topological polar surface area (TPSA) is 59.6 Å². The molecule has 0 saturated heterocycles. The SMILES string of the molecule is COCc1ccccc1NC(N)=NCCC(c1ccccc1)c1ccccc1. The fourth-order valence-corrected chi connectivity index (χ4v) is 3.31. The quantitative estimate of drug-likeness (QED) is 0.441. The number of nitrogens with zero attached hydrogens (tertiary/aromatic N) is 1. The summed E-state index contributed by atoms with van der Waals surface area (Å²) in [5, 5.41) is 3.20. The number of benzene rings is 3.